The van der Waals surface area contributed by atoms with Gasteiger partial charge >= 0.3 is 5.97 Å². The standard InChI is InChI=1S/C34H68O2/c1-5-8-11-13-15-17-18-20-22-24-27-30-33(29-26-23-21-19-16-14-12-9-6-2)31-36-34(35)32(4)28-25-10-7-3/h32-33H,5-31H2,1-4H3. The Labute approximate surface area is 228 Å². The van der Waals surface area contributed by atoms with Gasteiger partial charge in [-0.3, -0.25) is 4.79 Å². The number of carbonyl (C=O) groups excluding carboxylic acids is 1. The molecule has 2 atom stereocenters. The van der Waals surface area contributed by atoms with Crippen molar-refractivity contribution in [3.05, 3.63) is 0 Å². The van der Waals surface area contributed by atoms with Crippen molar-refractivity contribution in [2.24, 2.45) is 11.8 Å². The van der Waals surface area contributed by atoms with Gasteiger partial charge in [0.2, 0.25) is 0 Å². The molecule has 0 aliphatic carbocycles. The van der Waals surface area contributed by atoms with E-state index in [0.717, 1.165) is 12.8 Å². The van der Waals surface area contributed by atoms with Gasteiger partial charge in [-0.25, -0.2) is 0 Å². The van der Waals surface area contributed by atoms with Crippen LogP contribution in [0.3, 0.4) is 0 Å². The highest BCUT2D eigenvalue weighted by atomic mass is 16.5. The topological polar surface area (TPSA) is 26.3 Å². The second-order valence-electron chi connectivity index (χ2n) is 11.8. The van der Waals surface area contributed by atoms with Gasteiger partial charge in [0.1, 0.15) is 0 Å². The van der Waals surface area contributed by atoms with Crippen LogP contribution < -0.4 is 0 Å². The lowest BCUT2D eigenvalue weighted by Crippen LogP contribution is -2.19. The molecule has 0 radical (unpaired) electrons. The predicted molar refractivity (Wildman–Crippen MR) is 161 cm³/mol. The minimum atomic E-state index is 0.0436. The molecule has 0 aliphatic rings. The summed E-state index contributed by atoms with van der Waals surface area (Å²) in [6.07, 6.45) is 34.8. The fourth-order valence-electron chi connectivity index (χ4n) is 5.31. The maximum Gasteiger partial charge on any atom is 0.308 e. The summed E-state index contributed by atoms with van der Waals surface area (Å²) in [6.45, 7) is 9.51. The van der Waals surface area contributed by atoms with E-state index in [-0.39, 0.29) is 11.9 Å². The van der Waals surface area contributed by atoms with E-state index in [1.165, 1.54) is 154 Å². The molecule has 0 aromatic rings. The highest BCUT2D eigenvalue weighted by molar-refractivity contribution is 5.71. The summed E-state index contributed by atoms with van der Waals surface area (Å²) in [4.78, 5) is 12.5. The molecule has 0 aromatic carbocycles. The van der Waals surface area contributed by atoms with E-state index >= 15 is 0 Å². The SMILES string of the molecule is CCCCCCCCCCCCCC(CCCCCCCCCCC)COC(=O)C(C)CCCCC. The third-order valence-electron chi connectivity index (χ3n) is 8.04. The average Bonchev–Trinajstić information content (AvgIpc) is 2.88. The Kier molecular flexibility index (Phi) is 28.6. The van der Waals surface area contributed by atoms with Gasteiger partial charge in [-0.1, -0.05) is 175 Å². The maximum atomic E-state index is 12.5. The number of ether oxygens (including phenoxy) is 1. The van der Waals surface area contributed by atoms with Gasteiger partial charge < -0.3 is 4.74 Å². The van der Waals surface area contributed by atoms with Crippen molar-refractivity contribution in [1.29, 1.82) is 0 Å². The van der Waals surface area contributed by atoms with E-state index in [0.29, 0.717) is 12.5 Å². The molecule has 2 nitrogen and oxygen atoms in total. The Balaban J connectivity index is 4.09. The Hall–Kier alpha value is -0.530. The second kappa shape index (κ2) is 29.0. The van der Waals surface area contributed by atoms with E-state index in [2.05, 4.69) is 27.7 Å². The van der Waals surface area contributed by atoms with Crippen molar-refractivity contribution in [3.8, 4) is 0 Å². The Morgan fingerprint density at radius 2 is 0.778 bits per heavy atom. The molecule has 0 saturated heterocycles. The largest absolute Gasteiger partial charge is 0.465 e. The molecule has 0 spiro atoms. The zero-order valence-corrected chi connectivity index (χ0v) is 25.6. The first kappa shape index (κ1) is 35.5. The van der Waals surface area contributed by atoms with Crippen LogP contribution >= 0.6 is 0 Å². The Bertz CT molecular complexity index is 433. The number of esters is 1. The Morgan fingerprint density at radius 1 is 0.472 bits per heavy atom. The number of hydrogen-bond donors (Lipinski definition) is 0. The normalized spacial score (nSPS) is 13.1. The summed E-state index contributed by atoms with van der Waals surface area (Å²) in [6, 6.07) is 0. The fraction of sp³-hybridized carbons (Fsp3) is 0.971. The highest BCUT2D eigenvalue weighted by Crippen LogP contribution is 2.21. The summed E-state index contributed by atoms with van der Waals surface area (Å²) in [5.74, 6) is 0.675. The summed E-state index contributed by atoms with van der Waals surface area (Å²) < 4.78 is 5.84. The summed E-state index contributed by atoms with van der Waals surface area (Å²) in [7, 11) is 0. The number of unbranched alkanes of at least 4 members (excludes halogenated alkanes) is 20. The van der Waals surface area contributed by atoms with E-state index in [9.17, 15) is 4.79 Å². The maximum absolute atomic E-state index is 12.5. The van der Waals surface area contributed by atoms with Crippen molar-refractivity contribution in [3.63, 3.8) is 0 Å². The first-order valence-corrected chi connectivity index (χ1v) is 16.8. The monoisotopic (exact) mass is 509 g/mol. The minimum absolute atomic E-state index is 0.0436. The molecular weight excluding hydrogens is 440 g/mol. The minimum Gasteiger partial charge on any atom is -0.465 e. The van der Waals surface area contributed by atoms with Crippen LogP contribution in [-0.4, -0.2) is 12.6 Å². The predicted octanol–water partition coefficient (Wildman–Crippen LogP) is 12.0. The van der Waals surface area contributed by atoms with Crippen molar-refractivity contribution >= 4 is 5.97 Å². The van der Waals surface area contributed by atoms with Gasteiger partial charge in [0, 0.05) is 0 Å². The number of rotatable bonds is 29. The first-order chi connectivity index (χ1) is 17.7. The number of hydrogen-bond acceptors (Lipinski definition) is 2. The molecule has 0 heterocycles. The van der Waals surface area contributed by atoms with Gasteiger partial charge in [0.05, 0.1) is 12.5 Å². The zero-order chi connectivity index (χ0) is 26.5. The molecular formula is C34H68O2. The van der Waals surface area contributed by atoms with Crippen LogP contribution in [0.2, 0.25) is 0 Å². The fourth-order valence-corrected chi connectivity index (χ4v) is 5.31. The van der Waals surface area contributed by atoms with Crippen LogP contribution in [0.4, 0.5) is 0 Å². The number of carbonyl (C=O) groups is 1. The van der Waals surface area contributed by atoms with E-state index < -0.39 is 0 Å². The van der Waals surface area contributed by atoms with E-state index in [1.807, 2.05) is 0 Å². The lowest BCUT2D eigenvalue weighted by Gasteiger charge is -2.19. The van der Waals surface area contributed by atoms with Crippen LogP contribution in [0, 0.1) is 11.8 Å². The third-order valence-corrected chi connectivity index (χ3v) is 8.04. The lowest BCUT2D eigenvalue weighted by atomic mass is 9.94. The van der Waals surface area contributed by atoms with Crippen molar-refractivity contribution in [2.45, 2.75) is 195 Å². The summed E-state index contributed by atoms with van der Waals surface area (Å²) in [5.41, 5.74) is 0. The average molecular weight is 509 g/mol. The molecule has 0 N–H and O–H groups in total. The van der Waals surface area contributed by atoms with Gasteiger partial charge in [0.15, 0.2) is 0 Å². The van der Waals surface area contributed by atoms with Gasteiger partial charge in [-0.2, -0.15) is 0 Å². The molecule has 2 unspecified atom stereocenters. The van der Waals surface area contributed by atoms with Crippen molar-refractivity contribution < 1.29 is 9.53 Å². The summed E-state index contributed by atoms with van der Waals surface area (Å²) in [5, 5.41) is 0. The molecule has 36 heavy (non-hydrogen) atoms. The molecule has 0 rings (SSSR count). The lowest BCUT2D eigenvalue weighted by molar-refractivity contribution is -0.149. The third kappa shape index (κ3) is 25.1. The highest BCUT2D eigenvalue weighted by Gasteiger charge is 2.17. The quantitative estimate of drug-likeness (QED) is 0.0741. The van der Waals surface area contributed by atoms with Crippen molar-refractivity contribution in [1.82, 2.24) is 0 Å². The molecule has 0 aromatic heterocycles. The molecule has 0 aliphatic heterocycles. The van der Waals surface area contributed by atoms with Crippen LogP contribution in [0.1, 0.15) is 195 Å². The van der Waals surface area contributed by atoms with Crippen LogP contribution in [0.5, 0.6) is 0 Å². The molecule has 0 bridgehead atoms. The molecule has 0 fully saturated rings. The molecule has 216 valence electrons. The van der Waals surface area contributed by atoms with Gasteiger partial charge in [0.25, 0.3) is 0 Å². The van der Waals surface area contributed by atoms with Crippen molar-refractivity contribution in [2.75, 3.05) is 6.61 Å². The van der Waals surface area contributed by atoms with E-state index in [4.69, 9.17) is 4.74 Å². The zero-order valence-electron chi connectivity index (χ0n) is 25.6. The van der Waals surface area contributed by atoms with Crippen LogP contribution in [-0.2, 0) is 9.53 Å². The van der Waals surface area contributed by atoms with Crippen LogP contribution in [0.15, 0.2) is 0 Å². The van der Waals surface area contributed by atoms with E-state index in [1.54, 1.807) is 0 Å². The van der Waals surface area contributed by atoms with Gasteiger partial charge in [-0.05, 0) is 25.2 Å². The van der Waals surface area contributed by atoms with Gasteiger partial charge in [-0.15, -0.1) is 0 Å². The second-order valence-corrected chi connectivity index (χ2v) is 11.8. The van der Waals surface area contributed by atoms with Crippen LogP contribution in [0.25, 0.3) is 0 Å². The summed E-state index contributed by atoms with van der Waals surface area (Å²) >= 11 is 0. The first-order valence-electron chi connectivity index (χ1n) is 16.8. The molecule has 2 heteroatoms. The smallest absolute Gasteiger partial charge is 0.308 e. The molecule has 0 saturated carbocycles. The molecule has 0 amide bonds. The Morgan fingerprint density at radius 3 is 1.17 bits per heavy atom.